The first-order valence-corrected chi connectivity index (χ1v) is 5.22. The summed E-state index contributed by atoms with van der Waals surface area (Å²) in [6, 6.07) is 8.08. The molecule has 17 heavy (non-hydrogen) atoms. The predicted octanol–water partition coefficient (Wildman–Crippen LogP) is 1.84. The molecule has 0 amide bonds. The summed E-state index contributed by atoms with van der Waals surface area (Å²) in [6.07, 6.45) is 1.64. The number of nitrogens with two attached hydrogens (primary N) is 1. The van der Waals surface area contributed by atoms with Crippen molar-refractivity contribution in [3.8, 4) is 0 Å². The number of hydrogen-bond donors (Lipinski definition) is 1. The van der Waals surface area contributed by atoms with Gasteiger partial charge in [0.25, 0.3) is 0 Å². The van der Waals surface area contributed by atoms with E-state index >= 15 is 0 Å². The monoisotopic (exact) mass is 232 g/mol. The third-order valence-corrected chi connectivity index (χ3v) is 2.41. The van der Waals surface area contributed by atoms with Crippen LogP contribution in [0.3, 0.4) is 0 Å². The average molecular weight is 232 g/mol. The molecule has 0 atom stereocenters. The fraction of sp³-hybridized carbons (Fsp3) is 0.167. The van der Waals surface area contributed by atoms with Crippen LogP contribution in [0.4, 0.5) is 15.9 Å². The van der Waals surface area contributed by atoms with Crippen LogP contribution in [0.25, 0.3) is 0 Å². The minimum Gasteiger partial charge on any atom is -0.329 e. The van der Waals surface area contributed by atoms with Gasteiger partial charge in [0.2, 0.25) is 0 Å². The summed E-state index contributed by atoms with van der Waals surface area (Å²) in [7, 11) is 1.82. The molecule has 0 aliphatic heterocycles. The zero-order valence-electron chi connectivity index (χ0n) is 9.47. The normalized spacial score (nSPS) is 10.3. The number of halogens is 1. The molecule has 2 aromatic rings. The molecule has 5 heteroatoms. The third kappa shape index (κ3) is 2.57. The Kier molecular flexibility index (Phi) is 3.30. The van der Waals surface area contributed by atoms with E-state index in [2.05, 4.69) is 9.97 Å². The van der Waals surface area contributed by atoms with E-state index in [1.807, 2.05) is 13.1 Å². The van der Waals surface area contributed by atoms with Gasteiger partial charge >= 0.3 is 0 Å². The van der Waals surface area contributed by atoms with E-state index < -0.39 is 0 Å². The summed E-state index contributed by atoms with van der Waals surface area (Å²) in [5, 5.41) is 0. The van der Waals surface area contributed by atoms with Crippen molar-refractivity contribution in [3.63, 3.8) is 0 Å². The molecule has 88 valence electrons. The molecular weight excluding hydrogens is 219 g/mol. The Balaban J connectivity index is 2.33. The molecule has 0 saturated heterocycles. The van der Waals surface area contributed by atoms with Crippen LogP contribution in [0.15, 0.2) is 36.5 Å². The van der Waals surface area contributed by atoms with Gasteiger partial charge in [0.1, 0.15) is 17.5 Å². The van der Waals surface area contributed by atoms with E-state index in [0.717, 1.165) is 5.69 Å². The molecule has 1 aromatic heterocycles. The number of aromatic nitrogens is 2. The topological polar surface area (TPSA) is 55.0 Å². The maximum absolute atomic E-state index is 13.1. The Morgan fingerprint density at radius 1 is 1.35 bits per heavy atom. The van der Waals surface area contributed by atoms with Crippen molar-refractivity contribution >= 4 is 11.5 Å². The van der Waals surface area contributed by atoms with Crippen LogP contribution >= 0.6 is 0 Å². The number of benzene rings is 1. The van der Waals surface area contributed by atoms with Crippen molar-refractivity contribution in [1.29, 1.82) is 0 Å². The molecule has 0 fully saturated rings. The summed E-state index contributed by atoms with van der Waals surface area (Å²) < 4.78 is 13.1. The fourth-order valence-corrected chi connectivity index (χ4v) is 1.49. The lowest BCUT2D eigenvalue weighted by atomic mass is 10.3. The molecule has 0 spiro atoms. The van der Waals surface area contributed by atoms with Gasteiger partial charge in [-0.3, -0.25) is 0 Å². The predicted molar refractivity (Wildman–Crippen MR) is 64.4 cm³/mol. The van der Waals surface area contributed by atoms with Crippen LogP contribution in [-0.4, -0.2) is 17.0 Å². The molecule has 0 radical (unpaired) electrons. The Morgan fingerprint density at radius 2 is 2.18 bits per heavy atom. The molecule has 0 unspecified atom stereocenters. The molecule has 1 heterocycles. The van der Waals surface area contributed by atoms with Crippen LogP contribution in [0, 0.1) is 5.82 Å². The van der Waals surface area contributed by atoms with E-state index in [1.165, 1.54) is 12.1 Å². The molecule has 2 N–H and O–H groups in total. The van der Waals surface area contributed by atoms with Gasteiger partial charge in [0.15, 0.2) is 0 Å². The molecule has 0 aliphatic carbocycles. The highest BCUT2D eigenvalue weighted by Gasteiger charge is 2.06. The lowest BCUT2D eigenvalue weighted by molar-refractivity contribution is 0.628. The fourth-order valence-electron chi connectivity index (χ4n) is 1.49. The second-order valence-electron chi connectivity index (χ2n) is 3.57. The number of hydrogen-bond acceptors (Lipinski definition) is 4. The molecule has 0 aliphatic rings. The molecular formula is C12H13FN4. The molecule has 0 bridgehead atoms. The highest BCUT2D eigenvalue weighted by molar-refractivity contribution is 5.58. The largest absolute Gasteiger partial charge is 0.329 e. The highest BCUT2D eigenvalue weighted by atomic mass is 19.1. The first-order chi connectivity index (χ1) is 8.20. The third-order valence-electron chi connectivity index (χ3n) is 2.41. The maximum atomic E-state index is 13.1. The number of rotatable bonds is 3. The summed E-state index contributed by atoms with van der Waals surface area (Å²) in [4.78, 5) is 10.1. The van der Waals surface area contributed by atoms with Crippen molar-refractivity contribution in [2.45, 2.75) is 6.54 Å². The van der Waals surface area contributed by atoms with Crippen LogP contribution in [0.5, 0.6) is 0 Å². The molecule has 1 aromatic carbocycles. The lowest BCUT2D eigenvalue weighted by Crippen LogP contribution is -2.13. The van der Waals surface area contributed by atoms with Crippen LogP contribution < -0.4 is 10.6 Å². The molecule has 0 saturated carbocycles. The van der Waals surface area contributed by atoms with Crippen molar-refractivity contribution in [2.75, 3.05) is 11.9 Å². The zero-order chi connectivity index (χ0) is 12.3. The summed E-state index contributed by atoms with van der Waals surface area (Å²) >= 11 is 0. The summed E-state index contributed by atoms with van der Waals surface area (Å²) in [5.41, 5.74) is 6.21. The van der Waals surface area contributed by atoms with Crippen LogP contribution in [-0.2, 0) is 6.54 Å². The Hall–Kier alpha value is -2.01. The van der Waals surface area contributed by atoms with Gasteiger partial charge in [0.05, 0.1) is 6.54 Å². The van der Waals surface area contributed by atoms with Gasteiger partial charge in [-0.05, 0) is 24.3 Å². The van der Waals surface area contributed by atoms with Gasteiger partial charge in [-0.25, -0.2) is 14.4 Å². The van der Waals surface area contributed by atoms with Gasteiger partial charge in [-0.15, -0.1) is 0 Å². The van der Waals surface area contributed by atoms with Crippen molar-refractivity contribution in [1.82, 2.24) is 9.97 Å². The van der Waals surface area contributed by atoms with Gasteiger partial charge in [-0.2, -0.15) is 0 Å². The van der Waals surface area contributed by atoms with Crippen LogP contribution in [0.1, 0.15) is 5.82 Å². The van der Waals surface area contributed by atoms with Gasteiger partial charge in [-0.1, -0.05) is 6.07 Å². The molecule has 4 nitrogen and oxygen atoms in total. The van der Waals surface area contributed by atoms with Crippen molar-refractivity contribution in [3.05, 3.63) is 48.2 Å². The highest BCUT2D eigenvalue weighted by Crippen LogP contribution is 2.21. The smallest absolute Gasteiger partial charge is 0.144 e. The van der Waals surface area contributed by atoms with E-state index in [1.54, 1.807) is 23.2 Å². The SMILES string of the molecule is CN(c1cccc(F)c1)c1ccnc(CN)n1. The quantitative estimate of drug-likeness (QED) is 0.877. The van der Waals surface area contributed by atoms with E-state index in [0.29, 0.717) is 11.6 Å². The summed E-state index contributed by atoms with van der Waals surface area (Å²) in [6.45, 7) is 0.283. The van der Waals surface area contributed by atoms with Gasteiger partial charge in [0, 0.05) is 18.9 Å². The maximum Gasteiger partial charge on any atom is 0.144 e. The molecule has 2 rings (SSSR count). The summed E-state index contributed by atoms with van der Waals surface area (Å²) in [5.74, 6) is 0.972. The van der Waals surface area contributed by atoms with Gasteiger partial charge < -0.3 is 10.6 Å². The number of anilines is 2. The minimum absolute atomic E-state index is 0.276. The Labute approximate surface area is 98.9 Å². The first-order valence-electron chi connectivity index (χ1n) is 5.22. The van der Waals surface area contributed by atoms with E-state index in [9.17, 15) is 4.39 Å². The van der Waals surface area contributed by atoms with E-state index in [4.69, 9.17) is 5.73 Å². The van der Waals surface area contributed by atoms with Crippen LogP contribution in [0.2, 0.25) is 0 Å². The standard InChI is InChI=1S/C12H13FN4/c1-17(10-4-2-3-9(13)7-10)12-5-6-15-11(8-14)16-12/h2-7H,8,14H2,1H3. The average Bonchev–Trinajstić information content (AvgIpc) is 2.38. The van der Waals surface area contributed by atoms with E-state index in [-0.39, 0.29) is 12.4 Å². The minimum atomic E-state index is -0.276. The Bertz CT molecular complexity index is 515. The second-order valence-corrected chi connectivity index (χ2v) is 3.57. The zero-order valence-corrected chi connectivity index (χ0v) is 9.47. The van der Waals surface area contributed by atoms with Crippen molar-refractivity contribution in [2.24, 2.45) is 5.73 Å². The van der Waals surface area contributed by atoms with Crippen molar-refractivity contribution < 1.29 is 4.39 Å². The second kappa shape index (κ2) is 4.88. The lowest BCUT2D eigenvalue weighted by Gasteiger charge is -2.18. The Morgan fingerprint density at radius 3 is 2.88 bits per heavy atom. The number of nitrogens with zero attached hydrogens (tertiary/aromatic N) is 3. The first kappa shape index (κ1) is 11.5.